The van der Waals surface area contributed by atoms with Crippen molar-refractivity contribution in [3.63, 3.8) is 0 Å². The lowest BCUT2D eigenvalue weighted by atomic mass is 10.1. The summed E-state index contributed by atoms with van der Waals surface area (Å²) in [4.78, 5) is 28.1. The second-order valence-electron chi connectivity index (χ2n) is 6.59. The van der Waals surface area contributed by atoms with Gasteiger partial charge in [0.15, 0.2) is 0 Å². The molecule has 1 aromatic rings. The molecular formula is C19H26N2O4. The number of carbonyl (C=O) groups excluding carboxylic acids is 2. The SMILES string of the molecule is CC(=O)N1CCCN(C(=O)c2ccccc2OCC2CCCO2)CC1. The number of rotatable bonds is 4. The zero-order chi connectivity index (χ0) is 17.6. The Kier molecular flexibility index (Phi) is 5.91. The molecule has 0 aromatic heterocycles. The summed E-state index contributed by atoms with van der Waals surface area (Å²) in [6.45, 7) is 5.33. The van der Waals surface area contributed by atoms with Crippen molar-refractivity contribution in [2.75, 3.05) is 39.4 Å². The summed E-state index contributed by atoms with van der Waals surface area (Å²) in [5.74, 6) is 0.638. The Balaban J connectivity index is 1.65. The number of nitrogens with zero attached hydrogens (tertiary/aromatic N) is 2. The molecule has 2 heterocycles. The minimum atomic E-state index is -0.0339. The second kappa shape index (κ2) is 8.34. The first kappa shape index (κ1) is 17.7. The second-order valence-corrected chi connectivity index (χ2v) is 6.59. The lowest BCUT2D eigenvalue weighted by Gasteiger charge is -2.23. The molecule has 136 valence electrons. The summed E-state index contributed by atoms with van der Waals surface area (Å²) in [5, 5.41) is 0. The first-order chi connectivity index (χ1) is 12.1. The van der Waals surface area contributed by atoms with Crippen molar-refractivity contribution in [1.29, 1.82) is 0 Å². The molecule has 0 radical (unpaired) electrons. The molecule has 0 saturated carbocycles. The average Bonchev–Trinajstić information content (AvgIpc) is 3.01. The van der Waals surface area contributed by atoms with Crippen molar-refractivity contribution >= 4 is 11.8 Å². The van der Waals surface area contributed by atoms with Crippen LogP contribution >= 0.6 is 0 Å². The van der Waals surface area contributed by atoms with Crippen LogP contribution in [0.25, 0.3) is 0 Å². The van der Waals surface area contributed by atoms with Crippen molar-refractivity contribution in [2.45, 2.75) is 32.3 Å². The Morgan fingerprint density at radius 1 is 1.12 bits per heavy atom. The molecule has 2 aliphatic heterocycles. The molecule has 2 fully saturated rings. The Labute approximate surface area is 148 Å². The minimum Gasteiger partial charge on any atom is -0.490 e. The van der Waals surface area contributed by atoms with Crippen molar-refractivity contribution in [2.24, 2.45) is 0 Å². The number of amides is 2. The van der Waals surface area contributed by atoms with Gasteiger partial charge in [-0.15, -0.1) is 0 Å². The van der Waals surface area contributed by atoms with Gasteiger partial charge in [-0.25, -0.2) is 0 Å². The third-order valence-electron chi connectivity index (χ3n) is 4.79. The zero-order valence-electron chi connectivity index (χ0n) is 14.8. The van der Waals surface area contributed by atoms with Gasteiger partial charge < -0.3 is 19.3 Å². The molecule has 6 heteroatoms. The van der Waals surface area contributed by atoms with Crippen molar-refractivity contribution < 1.29 is 19.1 Å². The zero-order valence-corrected chi connectivity index (χ0v) is 14.8. The van der Waals surface area contributed by atoms with E-state index in [2.05, 4.69) is 0 Å². The van der Waals surface area contributed by atoms with Crippen molar-refractivity contribution in [3.8, 4) is 5.75 Å². The number of ether oxygens (including phenoxy) is 2. The van der Waals surface area contributed by atoms with Gasteiger partial charge in [-0.2, -0.15) is 0 Å². The van der Waals surface area contributed by atoms with E-state index in [4.69, 9.17) is 9.47 Å². The van der Waals surface area contributed by atoms with Gasteiger partial charge in [0.05, 0.1) is 11.7 Å². The highest BCUT2D eigenvalue weighted by atomic mass is 16.5. The highest BCUT2D eigenvalue weighted by molar-refractivity contribution is 5.97. The summed E-state index contributed by atoms with van der Waals surface area (Å²) in [6, 6.07) is 7.37. The molecule has 0 aliphatic carbocycles. The molecule has 0 N–H and O–H groups in total. The Morgan fingerprint density at radius 3 is 2.64 bits per heavy atom. The fourth-order valence-electron chi connectivity index (χ4n) is 3.33. The third-order valence-corrected chi connectivity index (χ3v) is 4.79. The monoisotopic (exact) mass is 346 g/mol. The molecule has 1 unspecified atom stereocenters. The van der Waals surface area contributed by atoms with E-state index < -0.39 is 0 Å². The van der Waals surface area contributed by atoms with Crippen LogP contribution in [-0.2, 0) is 9.53 Å². The maximum absolute atomic E-state index is 13.0. The Hall–Kier alpha value is -2.08. The topological polar surface area (TPSA) is 59.1 Å². The predicted octanol–water partition coefficient (Wildman–Crippen LogP) is 1.94. The maximum Gasteiger partial charge on any atom is 0.257 e. The summed E-state index contributed by atoms with van der Waals surface area (Å²) in [7, 11) is 0. The molecular weight excluding hydrogens is 320 g/mol. The van der Waals surface area contributed by atoms with Gasteiger partial charge in [0.2, 0.25) is 5.91 Å². The standard InChI is InChI=1S/C19H26N2O4/c1-15(22)20-9-5-10-21(12-11-20)19(23)17-7-2-3-8-18(17)25-14-16-6-4-13-24-16/h2-3,7-8,16H,4-6,9-14H2,1H3. The van der Waals surface area contributed by atoms with E-state index in [0.29, 0.717) is 44.1 Å². The summed E-state index contributed by atoms with van der Waals surface area (Å²) in [5.41, 5.74) is 0.580. The van der Waals surface area contributed by atoms with Gasteiger partial charge in [-0.3, -0.25) is 9.59 Å². The van der Waals surface area contributed by atoms with Crippen LogP contribution in [0.2, 0.25) is 0 Å². The highest BCUT2D eigenvalue weighted by Gasteiger charge is 2.24. The summed E-state index contributed by atoms with van der Waals surface area (Å²) in [6.07, 6.45) is 2.98. The lowest BCUT2D eigenvalue weighted by molar-refractivity contribution is -0.128. The summed E-state index contributed by atoms with van der Waals surface area (Å²) >= 11 is 0. The molecule has 2 saturated heterocycles. The van der Waals surface area contributed by atoms with Gasteiger partial charge in [0.25, 0.3) is 5.91 Å². The van der Waals surface area contributed by atoms with E-state index in [1.807, 2.05) is 23.1 Å². The van der Waals surface area contributed by atoms with Gasteiger partial charge >= 0.3 is 0 Å². The lowest BCUT2D eigenvalue weighted by Crippen LogP contribution is -2.36. The Morgan fingerprint density at radius 2 is 1.88 bits per heavy atom. The van der Waals surface area contributed by atoms with E-state index in [9.17, 15) is 9.59 Å². The molecule has 0 bridgehead atoms. The number of hydrogen-bond donors (Lipinski definition) is 0. The van der Waals surface area contributed by atoms with Crippen LogP contribution in [0.5, 0.6) is 5.75 Å². The predicted molar refractivity (Wildman–Crippen MR) is 93.7 cm³/mol. The molecule has 0 spiro atoms. The molecule has 3 rings (SSSR count). The average molecular weight is 346 g/mol. The van der Waals surface area contributed by atoms with Crippen LogP contribution in [-0.4, -0.2) is 67.1 Å². The third kappa shape index (κ3) is 4.51. The van der Waals surface area contributed by atoms with Gasteiger partial charge in [0, 0.05) is 39.7 Å². The van der Waals surface area contributed by atoms with Crippen molar-refractivity contribution in [1.82, 2.24) is 9.80 Å². The number of benzene rings is 1. The van der Waals surface area contributed by atoms with Crippen LogP contribution in [0.1, 0.15) is 36.5 Å². The fourth-order valence-corrected chi connectivity index (χ4v) is 3.33. The van der Waals surface area contributed by atoms with E-state index >= 15 is 0 Å². The van der Waals surface area contributed by atoms with Gasteiger partial charge in [0.1, 0.15) is 12.4 Å². The van der Waals surface area contributed by atoms with Crippen LogP contribution < -0.4 is 4.74 Å². The summed E-state index contributed by atoms with van der Waals surface area (Å²) < 4.78 is 11.5. The molecule has 2 amide bonds. The van der Waals surface area contributed by atoms with E-state index in [-0.39, 0.29) is 17.9 Å². The fraction of sp³-hybridized carbons (Fsp3) is 0.579. The smallest absolute Gasteiger partial charge is 0.257 e. The van der Waals surface area contributed by atoms with Gasteiger partial charge in [-0.05, 0) is 31.4 Å². The van der Waals surface area contributed by atoms with Crippen LogP contribution in [0.3, 0.4) is 0 Å². The van der Waals surface area contributed by atoms with Crippen LogP contribution in [0, 0.1) is 0 Å². The van der Waals surface area contributed by atoms with Crippen molar-refractivity contribution in [3.05, 3.63) is 29.8 Å². The van der Waals surface area contributed by atoms with E-state index in [1.165, 1.54) is 0 Å². The van der Waals surface area contributed by atoms with E-state index in [1.54, 1.807) is 17.9 Å². The molecule has 2 aliphatic rings. The van der Waals surface area contributed by atoms with Crippen LogP contribution in [0.15, 0.2) is 24.3 Å². The molecule has 6 nitrogen and oxygen atoms in total. The van der Waals surface area contributed by atoms with E-state index in [0.717, 1.165) is 25.9 Å². The molecule has 25 heavy (non-hydrogen) atoms. The first-order valence-corrected chi connectivity index (χ1v) is 9.03. The number of carbonyl (C=O) groups is 2. The molecule has 1 aromatic carbocycles. The van der Waals surface area contributed by atoms with Crippen LogP contribution in [0.4, 0.5) is 0 Å². The first-order valence-electron chi connectivity index (χ1n) is 9.03. The largest absolute Gasteiger partial charge is 0.490 e. The highest BCUT2D eigenvalue weighted by Crippen LogP contribution is 2.22. The normalized spacial score (nSPS) is 21.1. The Bertz CT molecular complexity index is 613. The number of para-hydroxylation sites is 1. The number of hydrogen-bond acceptors (Lipinski definition) is 4. The maximum atomic E-state index is 13.0. The minimum absolute atomic E-state index is 0.0339. The quantitative estimate of drug-likeness (QED) is 0.836. The molecule has 1 atom stereocenters. The van der Waals surface area contributed by atoms with Gasteiger partial charge in [-0.1, -0.05) is 12.1 Å².